The summed E-state index contributed by atoms with van der Waals surface area (Å²) in [5, 5.41) is 5.66. The van der Waals surface area contributed by atoms with Gasteiger partial charge in [0, 0.05) is 11.3 Å². The highest BCUT2D eigenvalue weighted by Gasteiger charge is 2.11. The van der Waals surface area contributed by atoms with Gasteiger partial charge in [0.25, 0.3) is 5.91 Å². The van der Waals surface area contributed by atoms with Crippen molar-refractivity contribution in [2.75, 3.05) is 17.6 Å². The van der Waals surface area contributed by atoms with E-state index in [1.165, 1.54) is 12.1 Å². The average Bonchev–Trinajstić information content (AvgIpc) is 2.52. The van der Waals surface area contributed by atoms with E-state index < -0.39 is 5.91 Å². The van der Waals surface area contributed by atoms with E-state index in [1.54, 1.807) is 12.1 Å². The van der Waals surface area contributed by atoms with Crippen LogP contribution in [-0.4, -0.2) is 18.4 Å². The third-order valence-corrected chi connectivity index (χ3v) is 4.17. The predicted molar refractivity (Wildman–Crippen MR) is 97.8 cm³/mol. The zero-order valence-corrected chi connectivity index (χ0v) is 14.8. The standard InChI is InChI=1S/C17H17Cl2N3O2/c1-9-3-4-11(5-10(9)2)17(24)21-8-15(23)22-12-6-13(18)16(20)14(19)7-12/h3-7H,8,20H2,1-2H3,(H,21,24)(H,22,23). The molecule has 0 heterocycles. The van der Waals surface area contributed by atoms with Crippen LogP contribution < -0.4 is 16.4 Å². The van der Waals surface area contributed by atoms with Crippen LogP contribution in [0, 0.1) is 13.8 Å². The summed E-state index contributed by atoms with van der Waals surface area (Å²) in [5.74, 6) is -0.717. The Kier molecular flexibility index (Phi) is 5.70. The minimum Gasteiger partial charge on any atom is -0.396 e. The first-order valence-corrected chi connectivity index (χ1v) is 7.93. The Morgan fingerprint density at radius 1 is 1.04 bits per heavy atom. The Morgan fingerprint density at radius 2 is 1.67 bits per heavy atom. The molecule has 4 N–H and O–H groups in total. The fourth-order valence-electron chi connectivity index (χ4n) is 2.01. The lowest BCUT2D eigenvalue weighted by Crippen LogP contribution is -2.32. The fraction of sp³-hybridized carbons (Fsp3) is 0.176. The molecule has 0 spiro atoms. The molecular weight excluding hydrogens is 349 g/mol. The molecule has 0 bridgehead atoms. The first-order chi connectivity index (χ1) is 11.3. The Labute approximate surface area is 150 Å². The van der Waals surface area contributed by atoms with Gasteiger partial charge >= 0.3 is 0 Å². The minimum atomic E-state index is -0.399. The van der Waals surface area contributed by atoms with Gasteiger partial charge in [0.2, 0.25) is 5.91 Å². The first kappa shape index (κ1) is 18.1. The van der Waals surface area contributed by atoms with Crippen molar-refractivity contribution >= 4 is 46.4 Å². The van der Waals surface area contributed by atoms with E-state index in [0.717, 1.165) is 11.1 Å². The van der Waals surface area contributed by atoms with E-state index in [0.29, 0.717) is 11.3 Å². The second-order valence-electron chi connectivity index (χ2n) is 5.38. The lowest BCUT2D eigenvalue weighted by molar-refractivity contribution is -0.115. The summed E-state index contributed by atoms with van der Waals surface area (Å²) < 4.78 is 0. The van der Waals surface area contributed by atoms with Crippen LogP contribution in [-0.2, 0) is 4.79 Å². The van der Waals surface area contributed by atoms with Crippen LogP contribution in [0.4, 0.5) is 11.4 Å². The van der Waals surface area contributed by atoms with Crippen LogP contribution in [0.15, 0.2) is 30.3 Å². The van der Waals surface area contributed by atoms with Gasteiger partial charge in [0.1, 0.15) is 0 Å². The monoisotopic (exact) mass is 365 g/mol. The lowest BCUT2D eigenvalue weighted by Gasteiger charge is -2.10. The van der Waals surface area contributed by atoms with Crippen molar-refractivity contribution < 1.29 is 9.59 Å². The van der Waals surface area contributed by atoms with Crippen molar-refractivity contribution in [2.24, 2.45) is 0 Å². The highest BCUT2D eigenvalue weighted by atomic mass is 35.5. The van der Waals surface area contributed by atoms with E-state index in [4.69, 9.17) is 28.9 Å². The number of nitrogen functional groups attached to an aromatic ring is 1. The molecule has 0 saturated heterocycles. The minimum absolute atomic E-state index is 0.175. The quantitative estimate of drug-likeness (QED) is 0.724. The summed E-state index contributed by atoms with van der Waals surface area (Å²) in [6.07, 6.45) is 0. The Morgan fingerprint density at radius 3 is 2.25 bits per heavy atom. The number of halogens is 2. The highest BCUT2D eigenvalue weighted by Crippen LogP contribution is 2.30. The smallest absolute Gasteiger partial charge is 0.251 e. The van der Waals surface area contributed by atoms with E-state index in [9.17, 15) is 9.59 Å². The number of benzene rings is 2. The van der Waals surface area contributed by atoms with Gasteiger partial charge in [0.05, 0.1) is 22.3 Å². The number of carbonyl (C=O) groups is 2. The van der Waals surface area contributed by atoms with Crippen LogP contribution in [0.3, 0.4) is 0 Å². The van der Waals surface area contributed by atoms with Crippen molar-refractivity contribution in [1.29, 1.82) is 0 Å². The van der Waals surface area contributed by atoms with Gasteiger partial charge in [-0.3, -0.25) is 9.59 Å². The number of carbonyl (C=O) groups excluding carboxylic acids is 2. The van der Waals surface area contributed by atoms with Crippen LogP contribution in [0.5, 0.6) is 0 Å². The molecule has 2 rings (SSSR count). The van der Waals surface area contributed by atoms with Crippen LogP contribution >= 0.6 is 23.2 Å². The first-order valence-electron chi connectivity index (χ1n) is 7.17. The van der Waals surface area contributed by atoms with Crippen LogP contribution in [0.25, 0.3) is 0 Å². The van der Waals surface area contributed by atoms with E-state index in [1.807, 2.05) is 19.9 Å². The molecule has 2 aromatic carbocycles. The molecule has 24 heavy (non-hydrogen) atoms. The molecule has 0 aromatic heterocycles. The number of rotatable bonds is 4. The summed E-state index contributed by atoms with van der Waals surface area (Å²) in [7, 11) is 0. The zero-order valence-electron chi connectivity index (χ0n) is 13.2. The number of amides is 2. The van der Waals surface area contributed by atoms with Gasteiger partial charge in [0.15, 0.2) is 0 Å². The number of hydrogen-bond donors (Lipinski definition) is 3. The zero-order chi connectivity index (χ0) is 17.9. The molecule has 0 aliphatic heterocycles. The molecule has 2 aromatic rings. The molecule has 7 heteroatoms. The Bertz CT molecular complexity index is 783. The average molecular weight is 366 g/mol. The van der Waals surface area contributed by atoms with Crippen LogP contribution in [0.1, 0.15) is 21.5 Å². The van der Waals surface area contributed by atoms with Gasteiger partial charge in [-0.05, 0) is 49.2 Å². The molecule has 0 saturated carbocycles. The largest absolute Gasteiger partial charge is 0.396 e. The molecule has 0 fully saturated rings. The van der Waals surface area contributed by atoms with E-state index >= 15 is 0 Å². The SMILES string of the molecule is Cc1ccc(C(=O)NCC(=O)Nc2cc(Cl)c(N)c(Cl)c2)cc1C. The third kappa shape index (κ3) is 4.40. The second kappa shape index (κ2) is 7.55. The van der Waals surface area contributed by atoms with E-state index in [2.05, 4.69) is 10.6 Å². The Hall–Kier alpha value is -2.24. The highest BCUT2D eigenvalue weighted by molar-refractivity contribution is 6.39. The summed E-state index contributed by atoms with van der Waals surface area (Å²) in [4.78, 5) is 24.0. The molecule has 0 aliphatic rings. The molecule has 126 valence electrons. The molecule has 0 aliphatic carbocycles. The number of hydrogen-bond acceptors (Lipinski definition) is 3. The molecule has 0 atom stereocenters. The maximum absolute atomic E-state index is 12.1. The number of anilines is 2. The van der Waals surface area contributed by atoms with Crippen LogP contribution in [0.2, 0.25) is 10.0 Å². The van der Waals surface area contributed by atoms with E-state index in [-0.39, 0.29) is 28.2 Å². The molecule has 2 amide bonds. The number of nitrogens with two attached hydrogens (primary N) is 1. The van der Waals surface area contributed by atoms with Crippen molar-refractivity contribution in [3.8, 4) is 0 Å². The maximum Gasteiger partial charge on any atom is 0.251 e. The second-order valence-corrected chi connectivity index (χ2v) is 6.20. The number of nitrogens with one attached hydrogen (secondary N) is 2. The molecule has 5 nitrogen and oxygen atoms in total. The van der Waals surface area contributed by atoms with Gasteiger partial charge in [-0.1, -0.05) is 29.3 Å². The van der Waals surface area contributed by atoms with Gasteiger partial charge in [-0.2, -0.15) is 0 Å². The van der Waals surface area contributed by atoms with Crippen molar-refractivity contribution in [3.63, 3.8) is 0 Å². The lowest BCUT2D eigenvalue weighted by atomic mass is 10.1. The Balaban J connectivity index is 1.95. The van der Waals surface area contributed by atoms with Gasteiger partial charge in [-0.15, -0.1) is 0 Å². The molecule has 0 radical (unpaired) electrons. The normalized spacial score (nSPS) is 10.3. The van der Waals surface area contributed by atoms with Crippen molar-refractivity contribution in [2.45, 2.75) is 13.8 Å². The predicted octanol–water partition coefficient (Wildman–Crippen LogP) is 3.56. The third-order valence-electron chi connectivity index (χ3n) is 3.54. The van der Waals surface area contributed by atoms with Crippen molar-refractivity contribution in [3.05, 3.63) is 57.1 Å². The summed E-state index contributed by atoms with van der Waals surface area (Å²) >= 11 is 11.8. The fourth-order valence-corrected chi connectivity index (χ4v) is 2.49. The maximum atomic E-state index is 12.1. The topological polar surface area (TPSA) is 84.2 Å². The molecular formula is C17H17Cl2N3O2. The summed E-state index contributed by atoms with van der Waals surface area (Å²) in [6, 6.07) is 8.34. The summed E-state index contributed by atoms with van der Waals surface area (Å²) in [5.41, 5.74) is 8.90. The van der Waals surface area contributed by atoms with Gasteiger partial charge in [-0.25, -0.2) is 0 Å². The summed E-state index contributed by atoms with van der Waals surface area (Å²) in [6.45, 7) is 3.71. The van der Waals surface area contributed by atoms with Gasteiger partial charge < -0.3 is 16.4 Å². The molecule has 0 unspecified atom stereocenters. The number of aryl methyl sites for hydroxylation is 2. The van der Waals surface area contributed by atoms with Crippen molar-refractivity contribution in [1.82, 2.24) is 5.32 Å².